The second kappa shape index (κ2) is 5.88. The summed E-state index contributed by atoms with van der Waals surface area (Å²) in [4.78, 5) is 12.4. The Kier molecular flexibility index (Phi) is 3.57. The van der Waals surface area contributed by atoms with Gasteiger partial charge in [-0.05, 0) is 43.2 Å². The lowest BCUT2D eigenvalue weighted by Gasteiger charge is -2.05. The molecule has 2 heterocycles. The van der Waals surface area contributed by atoms with Gasteiger partial charge in [0.15, 0.2) is 17.2 Å². The van der Waals surface area contributed by atoms with Crippen LogP contribution in [0.5, 0.6) is 11.5 Å². The molecule has 0 spiro atoms. The third-order valence-electron chi connectivity index (χ3n) is 4.07. The van der Waals surface area contributed by atoms with Gasteiger partial charge >= 0.3 is 0 Å². The summed E-state index contributed by atoms with van der Waals surface area (Å²) in [6.45, 7) is 2.79. The molecule has 0 bridgehead atoms. The van der Waals surface area contributed by atoms with E-state index < -0.39 is 0 Å². The zero-order chi connectivity index (χ0) is 16.5. The van der Waals surface area contributed by atoms with Crippen LogP contribution in [0.3, 0.4) is 0 Å². The van der Waals surface area contributed by atoms with E-state index in [1.165, 1.54) is 0 Å². The third kappa shape index (κ3) is 2.67. The first-order chi connectivity index (χ1) is 11.7. The van der Waals surface area contributed by atoms with Gasteiger partial charge in [-0.3, -0.25) is 9.89 Å². The molecule has 2 aromatic carbocycles. The quantitative estimate of drug-likeness (QED) is 0.774. The molecule has 1 aromatic heterocycles. The fourth-order valence-corrected chi connectivity index (χ4v) is 2.80. The predicted octanol–water partition coefficient (Wildman–Crippen LogP) is 2.57. The Morgan fingerprint density at radius 3 is 3.00 bits per heavy atom. The van der Waals surface area contributed by atoms with Crippen LogP contribution < -0.4 is 14.8 Å². The second-order valence-corrected chi connectivity index (χ2v) is 5.81. The molecule has 0 aliphatic carbocycles. The van der Waals surface area contributed by atoms with Crippen LogP contribution in [-0.2, 0) is 6.42 Å². The molecule has 0 radical (unpaired) electrons. The minimum Gasteiger partial charge on any atom is -0.454 e. The van der Waals surface area contributed by atoms with Crippen LogP contribution in [0, 0.1) is 6.92 Å². The molecule has 6 heteroatoms. The molecular weight excluding hydrogens is 306 g/mol. The van der Waals surface area contributed by atoms with E-state index in [2.05, 4.69) is 15.5 Å². The average Bonchev–Trinajstić information content (AvgIpc) is 3.20. The molecule has 3 aromatic rings. The van der Waals surface area contributed by atoms with E-state index in [1.807, 2.05) is 43.3 Å². The maximum absolute atomic E-state index is 12.4. The molecule has 0 fully saturated rings. The first-order valence-corrected chi connectivity index (χ1v) is 7.82. The maximum Gasteiger partial charge on any atom is 0.272 e. The molecule has 1 aliphatic rings. The first-order valence-electron chi connectivity index (χ1n) is 7.82. The number of carbonyl (C=O) groups excluding carboxylic acids is 1. The van der Waals surface area contributed by atoms with Crippen molar-refractivity contribution < 1.29 is 14.3 Å². The number of nitrogens with one attached hydrogen (secondary N) is 2. The van der Waals surface area contributed by atoms with Gasteiger partial charge in [-0.2, -0.15) is 5.10 Å². The molecule has 0 atom stereocenters. The number of carbonyl (C=O) groups is 1. The Morgan fingerprint density at radius 1 is 1.21 bits per heavy atom. The Hall–Kier alpha value is -3.02. The van der Waals surface area contributed by atoms with E-state index in [1.54, 1.807) is 0 Å². The maximum atomic E-state index is 12.4. The number of fused-ring (bicyclic) bond motifs is 2. The summed E-state index contributed by atoms with van der Waals surface area (Å²) in [6.07, 6.45) is 0.712. The summed E-state index contributed by atoms with van der Waals surface area (Å²) in [7, 11) is 0. The summed E-state index contributed by atoms with van der Waals surface area (Å²) in [5.74, 6) is 1.35. The lowest BCUT2D eigenvalue weighted by Crippen LogP contribution is -2.26. The number of H-pyrrole nitrogens is 1. The van der Waals surface area contributed by atoms with E-state index >= 15 is 0 Å². The number of hydrogen-bond donors (Lipinski definition) is 2. The molecule has 2 N–H and O–H groups in total. The third-order valence-corrected chi connectivity index (χ3v) is 4.07. The minimum atomic E-state index is -0.174. The number of hydrogen-bond acceptors (Lipinski definition) is 4. The normalized spacial score (nSPS) is 12.5. The van der Waals surface area contributed by atoms with E-state index in [4.69, 9.17) is 9.47 Å². The van der Waals surface area contributed by atoms with E-state index in [0.29, 0.717) is 18.7 Å². The highest BCUT2D eigenvalue weighted by Gasteiger charge is 2.15. The van der Waals surface area contributed by atoms with Crippen molar-refractivity contribution in [1.29, 1.82) is 0 Å². The Labute approximate surface area is 138 Å². The largest absolute Gasteiger partial charge is 0.454 e. The van der Waals surface area contributed by atoms with Crippen molar-refractivity contribution in [3.8, 4) is 11.5 Å². The van der Waals surface area contributed by atoms with Crippen LogP contribution in [0.25, 0.3) is 10.9 Å². The summed E-state index contributed by atoms with van der Waals surface area (Å²) < 4.78 is 10.7. The summed E-state index contributed by atoms with van der Waals surface area (Å²) in [6, 6.07) is 11.7. The van der Waals surface area contributed by atoms with Crippen LogP contribution in [0.15, 0.2) is 36.4 Å². The lowest BCUT2D eigenvalue weighted by molar-refractivity contribution is 0.0950. The highest BCUT2D eigenvalue weighted by atomic mass is 16.7. The van der Waals surface area contributed by atoms with Crippen LogP contribution in [0.4, 0.5) is 0 Å². The first kappa shape index (κ1) is 14.6. The van der Waals surface area contributed by atoms with Crippen molar-refractivity contribution in [3.63, 3.8) is 0 Å². The number of rotatable bonds is 4. The van der Waals surface area contributed by atoms with Crippen molar-refractivity contribution in [1.82, 2.24) is 15.5 Å². The molecule has 0 saturated carbocycles. The van der Waals surface area contributed by atoms with Crippen molar-refractivity contribution in [3.05, 3.63) is 53.2 Å². The highest BCUT2D eigenvalue weighted by Crippen LogP contribution is 2.32. The number of ether oxygens (including phenoxy) is 2. The number of aryl methyl sites for hydroxylation is 1. The SMILES string of the molecule is Cc1ccc2[nH]nc(C(=O)NCCc3ccc4c(c3)OCO4)c2c1. The van der Waals surface area contributed by atoms with Crippen molar-refractivity contribution in [2.24, 2.45) is 0 Å². The smallest absolute Gasteiger partial charge is 0.272 e. The van der Waals surface area contributed by atoms with Gasteiger partial charge in [-0.15, -0.1) is 0 Å². The molecule has 0 unspecified atom stereocenters. The fraction of sp³-hybridized carbons (Fsp3) is 0.222. The standard InChI is InChI=1S/C18H17N3O3/c1-11-2-4-14-13(8-11)17(21-20-14)18(22)19-7-6-12-3-5-15-16(9-12)24-10-23-15/h2-5,8-9H,6-7,10H2,1H3,(H,19,22)(H,20,21). The monoisotopic (exact) mass is 323 g/mol. The lowest BCUT2D eigenvalue weighted by atomic mass is 10.1. The van der Waals surface area contributed by atoms with E-state index in [-0.39, 0.29) is 12.7 Å². The van der Waals surface area contributed by atoms with Crippen molar-refractivity contribution >= 4 is 16.8 Å². The van der Waals surface area contributed by atoms with E-state index in [0.717, 1.165) is 33.5 Å². The average molecular weight is 323 g/mol. The van der Waals surface area contributed by atoms with Gasteiger partial charge in [0.25, 0.3) is 5.91 Å². The predicted molar refractivity (Wildman–Crippen MR) is 89.4 cm³/mol. The number of aromatic amines is 1. The molecule has 1 aliphatic heterocycles. The highest BCUT2D eigenvalue weighted by molar-refractivity contribution is 6.04. The zero-order valence-electron chi connectivity index (χ0n) is 13.3. The fourth-order valence-electron chi connectivity index (χ4n) is 2.80. The van der Waals surface area contributed by atoms with Crippen molar-refractivity contribution in [2.75, 3.05) is 13.3 Å². The van der Waals surface area contributed by atoms with Gasteiger partial charge in [-0.25, -0.2) is 0 Å². The van der Waals surface area contributed by atoms with Gasteiger partial charge in [0.05, 0.1) is 5.52 Å². The van der Waals surface area contributed by atoms with Gasteiger partial charge in [0.1, 0.15) is 0 Å². The second-order valence-electron chi connectivity index (χ2n) is 5.81. The number of nitrogens with zero attached hydrogens (tertiary/aromatic N) is 1. The van der Waals surface area contributed by atoms with Gasteiger partial charge in [0, 0.05) is 11.9 Å². The van der Waals surface area contributed by atoms with Gasteiger partial charge in [-0.1, -0.05) is 17.7 Å². The van der Waals surface area contributed by atoms with Crippen LogP contribution in [-0.4, -0.2) is 29.4 Å². The van der Waals surface area contributed by atoms with Crippen molar-refractivity contribution in [2.45, 2.75) is 13.3 Å². The van der Waals surface area contributed by atoms with Gasteiger partial charge in [0.2, 0.25) is 6.79 Å². The minimum absolute atomic E-state index is 0.174. The molecule has 0 saturated heterocycles. The Balaban J connectivity index is 1.42. The molecule has 24 heavy (non-hydrogen) atoms. The summed E-state index contributed by atoms with van der Waals surface area (Å²) in [5.41, 5.74) is 3.47. The van der Waals surface area contributed by atoms with Crippen LogP contribution in [0.1, 0.15) is 21.6 Å². The van der Waals surface area contributed by atoms with Crippen LogP contribution >= 0.6 is 0 Å². The molecule has 122 valence electrons. The summed E-state index contributed by atoms with van der Waals surface area (Å²) >= 11 is 0. The molecular formula is C18H17N3O3. The molecule has 1 amide bonds. The summed E-state index contributed by atoms with van der Waals surface area (Å²) in [5, 5.41) is 10.8. The number of amides is 1. The van der Waals surface area contributed by atoms with E-state index in [9.17, 15) is 4.79 Å². The number of aromatic nitrogens is 2. The Morgan fingerprint density at radius 2 is 2.08 bits per heavy atom. The van der Waals surface area contributed by atoms with Gasteiger partial charge < -0.3 is 14.8 Å². The Bertz CT molecular complexity index is 917. The topological polar surface area (TPSA) is 76.2 Å². The van der Waals surface area contributed by atoms with Crippen LogP contribution in [0.2, 0.25) is 0 Å². The zero-order valence-corrected chi connectivity index (χ0v) is 13.3. The molecule has 6 nitrogen and oxygen atoms in total. The molecule has 4 rings (SSSR count). The number of benzene rings is 2.